The maximum absolute atomic E-state index is 6.46. The van der Waals surface area contributed by atoms with Crippen LogP contribution in [0, 0.1) is 6.92 Å². The van der Waals surface area contributed by atoms with Crippen LogP contribution >= 0.6 is 0 Å². The molecule has 4 nitrogen and oxygen atoms in total. The van der Waals surface area contributed by atoms with Gasteiger partial charge in [-0.25, -0.2) is 0 Å². The van der Waals surface area contributed by atoms with Gasteiger partial charge in [0.1, 0.15) is 5.75 Å². The minimum absolute atomic E-state index is 0.338. The van der Waals surface area contributed by atoms with Gasteiger partial charge in [0.05, 0.1) is 32.5 Å². The van der Waals surface area contributed by atoms with Crippen LogP contribution in [0.2, 0.25) is 0 Å². The second-order valence-electron chi connectivity index (χ2n) is 9.02. The highest BCUT2D eigenvalue weighted by Gasteiger charge is 2.35. The molecule has 1 saturated carbocycles. The summed E-state index contributed by atoms with van der Waals surface area (Å²) in [5, 5.41) is 0. The second-order valence-corrected chi connectivity index (χ2v) is 9.02. The smallest absolute Gasteiger partial charge is 0.121 e. The SMILES string of the molecule is COc1ccc(CCO[C@@H]2CCCCC2N2CC[C@H](OCc3ccccc3)C2)cc1C. The van der Waals surface area contributed by atoms with E-state index < -0.39 is 0 Å². The van der Waals surface area contributed by atoms with Gasteiger partial charge >= 0.3 is 0 Å². The second kappa shape index (κ2) is 11.1. The fourth-order valence-electron chi connectivity index (χ4n) is 5.09. The molecule has 0 N–H and O–H groups in total. The molecule has 31 heavy (non-hydrogen) atoms. The molecule has 0 radical (unpaired) electrons. The van der Waals surface area contributed by atoms with E-state index in [1.807, 2.05) is 0 Å². The number of likely N-dealkylation sites (tertiary alicyclic amines) is 1. The van der Waals surface area contributed by atoms with Gasteiger partial charge in [0.25, 0.3) is 0 Å². The van der Waals surface area contributed by atoms with Gasteiger partial charge in [-0.15, -0.1) is 0 Å². The summed E-state index contributed by atoms with van der Waals surface area (Å²) in [6.45, 7) is 5.76. The Balaban J connectivity index is 1.25. The van der Waals surface area contributed by atoms with Crippen LogP contribution in [0.15, 0.2) is 48.5 Å². The van der Waals surface area contributed by atoms with Gasteiger partial charge in [0, 0.05) is 19.1 Å². The zero-order valence-corrected chi connectivity index (χ0v) is 19.1. The molecular formula is C27H37NO3. The third-order valence-electron chi connectivity index (χ3n) is 6.82. The van der Waals surface area contributed by atoms with Crippen molar-refractivity contribution in [3.8, 4) is 5.75 Å². The summed E-state index contributed by atoms with van der Waals surface area (Å²) in [7, 11) is 1.73. The van der Waals surface area contributed by atoms with E-state index >= 15 is 0 Å². The predicted molar refractivity (Wildman–Crippen MR) is 125 cm³/mol. The zero-order valence-electron chi connectivity index (χ0n) is 19.1. The predicted octanol–water partition coefficient (Wildman–Crippen LogP) is 5.17. The van der Waals surface area contributed by atoms with Crippen LogP contribution in [-0.2, 0) is 22.5 Å². The van der Waals surface area contributed by atoms with Crippen molar-refractivity contribution >= 4 is 0 Å². The number of rotatable bonds is 9. The molecular weight excluding hydrogens is 386 g/mol. The topological polar surface area (TPSA) is 30.9 Å². The Hall–Kier alpha value is -1.88. The van der Waals surface area contributed by atoms with Crippen LogP contribution in [0.3, 0.4) is 0 Å². The molecule has 1 unspecified atom stereocenters. The molecule has 4 rings (SSSR count). The summed E-state index contributed by atoms with van der Waals surface area (Å²) in [6.07, 6.45) is 7.79. The summed E-state index contributed by atoms with van der Waals surface area (Å²) in [6, 6.07) is 17.5. The molecule has 0 bridgehead atoms. The lowest BCUT2D eigenvalue weighted by Gasteiger charge is -2.38. The van der Waals surface area contributed by atoms with Gasteiger partial charge in [-0.3, -0.25) is 4.90 Å². The minimum Gasteiger partial charge on any atom is -0.496 e. The van der Waals surface area contributed by atoms with E-state index in [0.29, 0.717) is 24.9 Å². The number of ether oxygens (including phenoxy) is 3. The van der Waals surface area contributed by atoms with E-state index in [9.17, 15) is 0 Å². The van der Waals surface area contributed by atoms with Crippen molar-refractivity contribution in [1.82, 2.24) is 4.90 Å². The van der Waals surface area contributed by atoms with E-state index in [0.717, 1.165) is 38.3 Å². The van der Waals surface area contributed by atoms with Gasteiger partial charge in [0.2, 0.25) is 0 Å². The third kappa shape index (κ3) is 6.09. The van der Waals surface area contributed by atoms with E-state index in [1.165, 1.54) is 42.4 Å². The van der Waals surface area contributed by atoms with Gasteiger partial charge in [0.15, 0.2) is 0 Å². The van der Waals surface area contributed by atoms with E-state index in [1.54, 1.807) is 7.11 Å². The molecule has 0 amide bonds. The Morgan fingerprint density at radius 1 is 0.935 bits per heavy atom. The van der Waals surface area contributed by atoms with Crippen molar-refractivity contribution in [1.29, 1.82) is 0 Å². The first kappa shape index (κ1) is 22.3. The summed E-state index contributed by atoms with van der Waals surface area (Å²) >= 11 is 0. The first-order valence-corrected chi connectivity index (χ1v) is 11.9. The monoisotopic (exact) mass is 423 g/mol. The van der Waals surface area contributed by atoms with Crippen LogP contribution in [-0.4, -0.2) is 50.0 Å². The van der Waals surface area contributed by atoms with Crippen molar-refractivity contribution in [2.75, 3.05) is 26.8 Å². The largest absolute Gasteiger partial charge is 0.496 e. The molecule has 168 valence electrons. The van der Waals surface area contributed by atoms with Gasteiger partial charge in [-0.2, -0.15) is 0 Å². The van der Waals surface area contributed by atoms with Crippen LogP contribution in [0.4, 0.5) is 0 Å². The highest BCUT2D eigenvalue weighted by atomic mass is 16.5. The molecule has 1 aliphatic carbocycles. The third-order valence-corrected chi connectivity index (χ3v) is 6.82. The van der Waals surface area contributed by atoms with E-state index in [-0.39, 0.29) is 0 Å². The summed E-state index contributed by atoms with van der Waals surface area (Å²) in [5.41, 5.74) is 3.77. The molecule has 2 aliphatic rings. The molecule has 0 aromatic heterocycles. The van der Waals surface area contributed by atoms with Crippen LogP contribution in [0.1, 0.15) is 48.8 Å². The lowest BCUT2D eigenvalue weighted by molar-refractivity contribution is -0.0352. The lowest BCUT2D eigenvalue weighted by Crippen LogP contribution is -2.46. The Morgan fingerprint density at radius 3 is 2.58 bits per heavy atom. The number of hydrogen-bond acceptors (Lipinski definition) is 4. The molecule has 2 aromatic rings. The lowest BCUT2D eigenvalue weighted by atomic mass is 9.91. The van der Waals surface area contributed by atoms with E-state index in [4.69, 9.17) is 14.2 Å². The summed E-state index contributed by atoms with van der Waals surface area (Å²) < 4.78 is 18.1. The van der Waals surface area contributed by atoms with Crippen LogP contribution < -0.4 is 4.74 Å². The fourth-order valence-corrected chi connectivity index (χ4v) is 5.09. The number of methoxy groups -OCH3 is 1. The molecule has 1 saturated heterocycles. The molecule has 2 fully saturated rings. The van der Waals surface area contributed by atoms with Gasteiger partial charge in [-0.1, -0.05) is 55.3 Å². The van der Waals surface area contributed by atoms with Crippen molar-refractivity contribution in [3.63, 3.8) is 0 Å². The average molecular weight is 424 g/mol. The van der Waals surface area contributed by atoms with Crippen molar-refractivity contribution in [2.45, 2.75) is 70.3 Å². The van der Waals surface area contributed by atoms with E-state index in [2.05, 4.69) is 60.4 Å². The molecule has 0 spiro atoms. The zero-order chi connectivity index (χ0) is 21.5. The molecule has 3 atom stereocenters. The number of hydrogen-bond donors (Lipinski definition) is 0. The maximum Gasteiger partial charge on any atom is 0.121 e. The molecule has 4 heteroatoms. The molecule has 2 aromatic carbocycles. The highest BCUT2D eigenvalue weighted by Crippen LogP contribution is 2.29. The standard InChI is InChI=1S/C27H37NO3/c1-21-18-22(12-13-26(21)29-2)15-17-30-27-11-7-6-10-25(27)28-16-14-24(19-28)31-20-23-8-4-3-5-9-23/h3-5,8-9,12-13,18,24-25,27H,6-7,10-11,14-17,19-20H2,1-2H3/t24-,25?,27+/m0/s1. The average Bonchev–Trinajstić information content (AvgIpc) is 3.28. The number of aryl methyl sites for hydroxylation is 1. The van der Waals surface area contributed by atoms with Crippen molar-refractivity contribution < 1.29 is 14.2 Å². The van der Waals surface area contributed by atoms with Crippen molar-refractivity contribution in [3.05, 3.63) is 65.2 Å². The quantitative estimate of drug-likeness (QED) is 0.557. The summed E-state index contributed by atoms with van der Waals surface area (Å²) in [5.74, 6) is 0.954. The Kier molecular flexibility index (Phi) is 8.01. The van der Waals surface area contributed by atoms with Gasteiger partial charge < -0.3 is 14.2 Å². The number of nitrogens with zero attached hydrogens (tertiary/aromatic N) is 1. The first-order valence-electron chi connectivity index (χ1n) is 11.9. The summed E-state index contributed by atoms with van der Waals surface area (Å²) in [4.78, 5) is 2.64. The minimum atomic E-state index is 0.338. The van der Waals surface area contributed by atoms with Crippen LogP contribution in [0.5, 0.6) is 5.75 Å². The highest BCUT2D eigenvalue weighted by molar-refractivity contribution is 5.36. The molecule has 1 aliphatic heterocycles. The molecule has 1 heterocycles. The normalized spacial score (nSPS) is 24.4. The van der Waals surface area contributed by atoms with Gasteiger partial charge in [-0.05, 0) is 55.4 Å². The Morgan fingerprint density at radius 2 is 1.77 bits per heavy atom. The fraction of sp³-hybridized carbons (Fsp3) is 0.556. The Labute approximate surface area is 187 Å². The maximum atomic E-state index is 6.46. The van der Waals surface area contributed by atoms with Crippen LogP contribution in [0.25, 0.3) is 0 Å². The van der Waals surface area contributed by atoms with Crippen molar-refractivity contribution in [2.24, 2.45) is 0 Å². The first-order chi connectivity index (χ1) is 15.2. The Bertz CT molecular complexity index is 809. The number of benzene rings is 2.